The lowest BCUT2D eigenvalue weighted by Gasteiger charge is -2.11. The second kappa shape index (κ2) is 5.86. The van der Waals surface area contributed by atoms with E-state index in [1.54, 1.807) is 24.5 Å². The molecule has 0 fully saturated rings. The smallest absolute Gasteiger partial charge is 0.337 e. The second-order valence-electron chi connectivity index (χ2n) is 4.10. The number of anilines is 2. The van der Waals surface area contributed by atoms with E-state index in [1.165, 1.54) is 6.07 Å². The number of benzene rings is 1. The van der Waals surface area contributed by atoms with Gasteiger partial charge in [-0.05, 0) is 36.2 Å². The molecule has 0 aliphatic rings. The van der Waals surface area contributed by atoms with Gasteiger partial charge < -0.3 is 16.2 Å². The number of hydrogen-bond acceptors (Lipinski definition) is 4. The van der Waals surface area contributed by atoms with Crippen LogP contribution in [-0.2, 0) is 6.42 Å². The van der Waals surface area contributed by atoms with E-state index in [-0.39, 0.29) is 11.3 Å². The Kier molecular flexibility index (Phi) is 3.97. The first-order valence-corrected chi connectivity index (χ1v) is 5.93. The lowest BCUT2D eigenvalue weighted by Crippen LogP contribution is -2.10. The number of carboxylic acids is 1. The number of hydrogen-bond donors (Lipinski definition) is 3. The van der Waals surface area contributed by atoms with Gasteiger partial charge in [0.2, 0.25) is 0 Å². The minimum Gasteiger partial charge on any atom is -0.478 e. The molecule has 2 rings (SSSR count). The van der Waals surface area contributed by atoms with E-state index in [2.05, 4.69) is 10.3 Å². The Balaban J connectivity index is 2.00. The molecule has 0 unspecified atom stereocenters. The van der Waals surface area contributed by atoms with Crippen LogP contribution in [0.5, 0.6) is 0 Å². The summed E-state index contributed by atoms with van der Waals surface area (Å²) < 4.78 is 0. The molecule has 5 nitrogen and oxygen atoms in total. The van der Waals surface area contributed by atoms with E-state index in [4.69, 9.17) is 10.8 Å². The lowest BCUT2D eigenvalue weighted by molar-refractivity contribution is 0.0698. The summed E-state index contributed by atoms with van der Waals surface area (Å²) in [5.74, 6) is -1.02. The van der Waals surface area contributed by atoms with Gasteiger partial charge in [-0.1, -0.05) is 6.07 Å². The van der Waals surface area contributed by atoms with E-state index in [0.29, 0.717) is 12.2 Å². The number of nitrogens with zero attached hydrogens (tertiary/aromatic N) is 1. The van der Waals surface area contributed by atoms with Crippen molar-refractivity contribution in [3.63, 3.8) is 0 Å². The van der Waals surface area contributed by atoms with Gasteiger partial charge in [-0.2, -0.15) is 0 Å². The van der Waals surface area contributed by atoms with Crippen LogP contribution in [0.4, 0.5) is 11.4 Å². The van der Waals surface area contributed by atoms with Crippen molar-refractivity contribution in [2.75, 3.05) is 17.6 Å². The third-order valence-electron chi connectivity index (χ3n) is 2.82. The summed E-state index contributed by atoms with van der Waals surface area (Å²) in [7, 11) is 0. The molecule has 0 radical (unpaired) electrons. The molecule has 0 bridgehead atoms. The molecule has 1 aromatic carbocycles. The number of rotatable bonds is 5. The minimum atomic E-state index is -1.02. The zero-order chi connectivity index (χ0) is 13.7. The van der Waals surface area contributed by atoms with Crippen LogP contribution in [0.25, 0.3) is 0 Å². The fourth-order valence-corrected chi connectivity index (χ4v) is 1.80. The van der Waals surface area contributed by atoms with Crippen molar-refractivity contribution >= 4 is 17.3 Å². The second-order valence-corrected chi connectivity index (χ2v) is 4.10. The predicted molar refractivity (Wildman–Crippen MR) is 74.2 cm³/mol. The number of nitrogens with one attached hydrogen (secondary N) is 1. The summed E-state index contributed by atoms with van der Waals surface area (Å²) in [6.45, 7) is 0.678. The maximum atomic E-state index is 11.0. The number of nitrogens with two attached hydrogens (primary N) is 1. The molecular weight excluding hydrogens is 242 g/mol. The molecular formula is C14H15N3O2. The largest absolute Gasteiger partial charge is 0.478 e. The summed E-state index contributed by atoms with van der Waals surface area (Å²) in [5.41, 5.74) is 8.01. The number of pyridine rings is 1. The van der Waals surface area contributed by atoms with E-state index in [9.17, 15) is 4.79 Å². The topological polar surface area (TPSA) is 88.2 Å². The third kappa shape index (κ3) is 3.22. The third-order valence-corrected chi connectivity index (χ3v) is 2.82. The predicted octanol–water partition coefficient (Wildman–Crippen LogP) is 2.02. The SMILES string of the molecule is Nc1c(NCCc2ccncc2)cccc1C(=O)O. The molecule has 0 saturated heterocycles. The maximum Gasteiger partial charge on any atom is 0.337 e. The number of aromatic nitrogens is 1. The minimum absolute atomic E-state index is 0.119. The Morgan fingerprint density at radius 3 is 2.68 bits per heavy atom. The van der Waals surface area contributed by atoms with Crippen molar-refractivity contribution in [2.45, 2.75) is 6.42 Å². The van der Waals surface area contributed by atoms with Crippen molar-refractivity contribution in [3.8, 4) is 0 Å². The Morgan fingerprint density at radius 1 is 1.26 bits per heavy atom. The molecule has 1 heterocycles. The Morgan fingerprint density at radius 2 is 2.00 bits per heavy atom. The van der Waals surface area contributed by atoms with Crippen LogP contribution in [0, 0.1) is 0 Å². The van der Waals surface area contributed by atoms with Crippen LogP contribution in [0.2, 0.25) is 0 Å². The van der Waals surface area contributed by atoms with Crippen LogP contribution in [-0.4, -0.2) is 22.6 Å². The fraction of sp³-hybridized carbons (Fsp3) is 0.143. The van der Waals surface area contributed by atoms with Gasteiger partial charge in [0.15, 0.2) is 0 Å². The van der Waals surface area contributed by atoms with Crippen molar-refractivity contribution in [2.24, 2.45) is 0 Å². The number of aromatic carboxylic acids is 1. The highest BCUT2D eigenvalue weighted by atomic mass is 16.4. The summed E-state index contributed by atoms with van der Waals surface area (Å²) in [6.07, 6.45) is 4.31. The molecule has 0 aliphatic carbocycles. The number of carbonyl (C=O) groups is 1. The van der Waals surface area contributed by atoms with Crippen LogP contribution in [0.3, 0.4) is 0 Å². The number of carboxylic acid groups (broad SMARTS) is 1. The molecule has 0 spiro atoms. The van der Waals surface area contributed by atoms with Crippen LogP contribution in [0.15, 0.2) is 42.7 Å². The van der Waals surface area contributed by atoms with E-state index < -0.39 is 5.97 Å². The Hall–Kier alpha value is -2.56. The molecule has 5 heteroatoms. The maximum absolute atomic E-state index is 11.0. The Labute approximate surface area is 111 Å². The zero-order valence-corrected chi connectivity index (χ0v) is 10.3. The highest BCUT2D eigenvalue weighted by Crippen LogP contribution is 2.22. The summed E-state index contributed by atoms with van der Waals surface area (Å²) in [6, 6.07) is 8.83. The van der Waals surface area contributed by atoms with E-state index >= 15 is 0 Å². The first kappa shape index (κ1) is 12.9. The quantitative estimate of drug-likeness (QED) is 0.713. The summed E-state index contributed by atoms with van der Waals surface area (Å²) in [4.78, 5) is 14.9. The number of para-hydroxylation sites is 1. The van der Waals surface area contributed by atoms with Crippen LogP contribution in [0.1, 0.15) is 15.9 Å². The molecule has 2 aromatic rings. The van der Waals surface area contributed by atoms with E-state index in [0.717, 1.165) is 12.0 Å². The van der Waals surface area contributed by atoms with Crippen molar-refractivity contribution in [1.82, 2.24) is 4.98 Å². The highest BCUT2D eigenvalue weighted by Gasteiger charge is 2.10. The Bertz CT molecular complexity index is 570. The molecule has 98 valence electrons. The van der Waals surface area contributed by atoms with Crippen molar-refractivity contribution in [3.05, 3.63) is 53.9 Å². The fourth-order valence-electron chi connectivity index (χ4n) is 1.80. The molecule has 4 N–H and O–H groups in total. The van der Waals surface area contributed by atoms with Gasteiger partial charge in [-0.25, -0.2) is 4.79 Å². The van der Waals surface area contributed by atoms with Gasteiger partial charge >= 0.3 is 5.97 Å². The van der Waals surface area contributed by atoms with Crippen molar-refractivity contribution in [1.29, 1.82) is 0 Å². The van der Waals surface area contributed by atoms with Gasteiger partial charge in [-0.3, -0.25) is 4.98 Å². The average Bonchev–Trinajstić information content (AvgIpc) is 2.41. The van der Waals surface area contributed by atoms with Gasteiger partial charge in [0, 0.05) is 18.9 Å². The monoisotopic (exact) mass is 257 g/mol. The van der Waals surface area contributed by atoms with Crippen molar-refractivity contribution < 1.29 is 9.90 Å². The summed E-state index contributed by atoms with van der Waals surface area (Å²) in [5, 5.41) is 12.1. The highest BCUT2D eigenvalue weighted by molar-refractivity contribution is 5.97. The number of nitrogen functional groups attached to an aromatic ring is 1. The molecule has 0 atom stereocenters. The average molecular weight is 257 g/mol. The lowest BCUT2D eigenvalue weighted by atomic mass is 10.1. The normalized spacial score (nSPS) is 10.1. The first-order chi connectivity index (χ1) is 9.18. The molecule has 0 aliphatic heterocycles. The zero-order valence-electron chi connectivity index (χ0n) is 10.3. The van der Waals surface area contributed by atoms with Crippen LogP contribution < -0.4 is 11.1 Å². The van der Waals surface area contributed by atoms with Gasteiger partial charge in [0.05, 0.1) is 16.9 Å². The standard InChI is InChI=1S/C14H15N3O2/c15-13-11(14(18)19)2-1-3-12(13)17-9-6-10-4-7-16-8-5-10/h1-5,7-8,17H,6,9,15H2,(H,18,19). The van der Waals surface area contributed by atoms with Gasteiger partial charge in [0.1, 0.15) is 0 Å². The summed E-state index contributed by atoms with van der Waals surface area (Å²) >= 11 is 0. The molecule has 0 saturated carbocycles. The molecule has 0 amide bonds. The van der Waals surface area contributed by atoms with Gasteiger partial charge in [0.25, 0.3) is 0 Å². The molecule has 19 heavy (non-hydrogen) atoms. The van der Waals surface area contributed by atoms with E-state index in [1.807, 2.05) is 12.1 Å². The van der Waals surface area contributed by atoms with Crippen LogP contribution >= 0.6 is 0 Å². The van der Waals surface area contributed by atoms with Gasteiger partial charge in [-0.15, -0.1) is 0 Å². The first-order valence-electron chi connectivity index (χ1n) is 5.93. The molecule has 1 aromatic heterocycles.